The quantitative estimate of drug-likeness (QED) is 0.886. The molecule has 3 rings (SSSR count). The summed E-state index contributed by atoms with van der Waals surface area (Å²) in [5.74, 6) is -0.520. The molecule has 1 saturated carbocycles. The molecule has 2 N–H and O–H groups in total. The van der Waals surface area contributed by atoms with E-state index in [0.29, 0.717) is 38.9 Å². The maximum atomic E-state index is 12.1. The Labute approximate surface area is 135 Å². The van der Waals surface area contributed by atoms with Crippen molar-refractivity contribution >= 4 is 6.09 Å². The maximum absolute atomic E-state index is 12.1. The van der Waals surface area contributed by atoms with Crippen LogP contribution < -0.4 is 5.32 Å². The highest BCUT2D eigenvalue weighted by atomic mass is 16.7. The lowest BCUT2D eigenvalue weighted by Gasteiger charge is -2.42. The number of ether oxygens (including phenoxy) is 3. The summed E-state index contributed by atoms with van der Waals surface area (Å²) in [5.41, 5.74) is 0.268. The van der Waals surface area contributed by atoms with E-state index in [9.17, 15) is 9.90 Å². The van der Waals surface area contributed by atoms with Crippen molar-refractivity contribution in [1.29, 1.82) is 0 Å². The van der Waals surface area contributed by atoms with E-state index in [1.807, 2.05) is 30.3 Å². The van der Waals surface area contributed by atoms with E-state index in [2.05, 4.69) is 5.32 Å². The van der Waals surface area contributed by atoms with Crippen molar-refractivity contribution in [3.05, 3.63) is 35.9 Å². The van der Waals surface area contributed by atoms with Crippen LogP contribution in [0.3, 0.4) is 0 Å². The van der Waals surface area contributed by atoms with Crippen LogP contribution >= 0.6 is 0 Å². The van der Waals surface area contributed by atoms with Crippen molar-refractivity contribution in [2.45, 2.75) is 43.6 Å². The van der Waals surface area contributed by atoms with Crippen LogP contribution in [0.25, 0.3) is 0 Å². The topological polar surface area (TPSA) is 77.0 Å². The van der Waals surface area contributed by atoms with Gasteiger partial charge in [-0.15, -0.1) is 0 Å². The summed E-state index contributed by atoms with van der Waals surface area (Å²) in [6, 6.07) is 9.50. The number of benzene rings is 1. The van der Waals surface area contributed by atoms with Gasteiger partial charge in [-0.2, -0.15) is 0 Å². The lowest BCUT2D eigenvalue weighted by Crippen LogP contribution is -2.56. The van der Waals surface area contributed by atoms with Gasteiger partial charge in [-0.05, 0) is 18.4 Å². The average Bonchev–Trinajstić information content (AvgIpc) is 3.05. The fraction of sp³-hybridized carbons (Fsp3) is 0.588. The Morgan fingerprint density at radius 1 is 1.13 bits per heavy atom. The van der Waals surface area contributed by atoms with Gasteiger partial charge in [0, 0.05) is 12.8 Å². The van der Waals surface area contributed by atoms with E-state index in [1.165, 1.54) is 0 Å². The van der Waals surface area contributed by atoms with Gasteiger partial charge in [-0.1, -0.05) is 30.3 Å². The van der Waals surface area contributed by atoms with E-state index in [-0.39, 0.29) is 13.2 Å². The van der Waals surface area contributed by atoms with E-state index in [0.717, 1.165) is 5.56 Å². The van der Waals surface area contributed by atoms with Crippen molar-refractivity contribution in [3.8, 4) is 0 Å². The second kappa shape index (κ2) is 6.86. The summed E-state index contributed by atoms with van der Waals surface area (Å²) < 4.78 is 16.6. The van der Waals surface area contributed by atoms with Crippen molar-refractivity contribution < 1.29 is 24.1 Å². The van der Waals surface area contributed by atoms with Gasteiger partial charge >= 0.3 is 6.09 Å². The van der Waals surface area contributed by atoms with E-state index < -0.39 is 17.4 Å². The Kier molecular flexibility index (Phi) is 4.84. The molecule has 23 heavy (non-hydrogen) atoms. The zero-order valence-electron chi connectivity index (χ0n) is 13.1. The van der Waals surface area contributed by atoms with Crippen LogP contribution in [0, 0.1) is 0 Å². The molecule has 1 aromatic rings. The first-order chi connectivity index (χ1) is 11.2. The number of amides is 1. The van der Waals surface area contributed by atoms with Crippen LogP contribution in [0.5, 0.6) is 0 Å². The highest BCUT2D eigenvalue weighted by Gasteiger charge is 2.46. The zero-order valence-corrected chi connectivity index (χ0v) is 13.1. The zero-order chi connectivity index (χ0) is 16.2. The summed E-state index contributed by atoms with van der Waals surface area (Å²) in [6.45, 7) is 1.31. The summed E-state index contributed by atoms with van der Waals surface area (Å²) in [6.07, 6.45) is 2.01. The molecule has 126 valence electrons. The highest BCUT2D eigenvalue weighted by molar-refractivity contribution is 5.68. The molecule has 1 aliphatic heterocycles. The Hall–Kier alpha value is -1.63. The molecule has 1 amide bonds. The molecule has 6 heteroatoms. The number of rotatable bonds is 4. The molecule has 0 bridgehead atoms. The van der Waals surface area contributed by atoms with Crippen LogP contribution in [0.15, 0.2) is 30.3 Å². The number of hydrogen-bond acceptors (Lipinski definition) is 5. The second-order valence-electron chi connectivity index (χ2n) is 6.23. The van der Waals surface area contributed by atoms with Crippen molar-refractivity contribution in [2.24, 2.45) is 0 Å². The Balaban J connectivity index is 1.51. The molecular weight excluding hydrogens is 298 g/mol. The van der Waals surface area contributed by atoms with Crippen molar-refractivity contribution in [1.82, 2.24) is 5.32 Å². The van der Waals surface area contributed by atoms with Crippen LogP contribution in [0.4, 0.5) is 4.79 Å². The molecule has 6 nitrogen and oxygen atoms in total. The normalized spacial score (nSPS) is 22.0. The molecule has 0 atom stereocenters. The summed E-state index contributed by atoms with van der Waals surface area (Å²) in [7, 11) is 0. The molecule has 2 aliphatic rings. The van der Waals surface area contributed by atoms with Gasteiger partial charge < -0.3 is 24.6 Å². The highest BCUT2D eigenvalue weighted by Crippen LogP contribution is 2.40. The minimum absolute atomic E-state index is 0.122. The summed E-state index contributed by atoms with van der Waals surface area (Å²) >= 11 is 0. The van der Waals surface area contributed by atoms with Gasteiger partial charge in [-0.3, -0.25) is 0 Å². The van der Waals surface area contributed by atoms with E-state index >= 15 is 0 Å². The Bertz CT molecular complexity index is 517. The van der Waals surface area contributed by atoms with Gasteiger partial charge in [0.1, 0.15) is 6.61 Å². The third-order valence-corrected chi connectivity index (χ3v) is 4.67. The monoisotopic (exact) mass is 321 g/mol. The number of hydrogen-bond donors (Lipinski definition) is 2. The third kappa shape index (κ3) is 3.83. The summed E-state index contributed by atoms with van der Waals surface area (Å²) in [4.78, 5) is 12.1. The number of carbonyl (C=O) groups excluding carboxylic acids is 1. The lowest BCUT2D eigenvalue weighted by atomic mass is 9.79. The fourth-order valence-corrected chi connectivity index (χ4v) is 3.19. The number of nitrogens with one attached hydrogen (secondary N) is 1. The molecule has 1 spiro atoms. The first-order valence-electron chi connectivity index (χ1n) is 8.03. The third-order valence-electron chi connectivity index (χ3n) is 4.67. The number of alkyl carbamates (subject to hydrolysis) is 1. The van der Waals surface area contributed by atoms with Gasteiger partial charge in [0.25, 0.3) is 0 Å². The predicted octanol–water partition coefficient (Wildman–Crippen LogP) is 1.96. The molecule has 0 radical (unpaired) electrons. The number of aliphatic hydroxyl groups excluding tert-OH is 1. The van der Waals surface area contributed by atoms with E-state index in [1.54, 1.807) is 0 Å². The minimum atomic E-state index is -0.658. The molecule has 1 aromatic carbocycles. The molecular formula is C17H23NO5. The van der Waals surface area contributed by atoms with Crippen LogP contribution in [0.1, 0.15) is 31.2 Å². The van der Waals surface area contributed by atoms with Crippen LogP contribution in [-0.2, 0) is 20.8 Å². The van der Waals surface area contributed by atoms with Crippen LogP contribution in [-0.4, -0.2) is 42.3 Å². The standard InChI is InChI=1S/C17H23NO5/c19-13-16(6-8-17(9-7-16)22-10-11-23-17)18-15(20)21-12-14-4-2-1-3-5-14/h1-5,19H,6-13H2,(H,18,20). The molecule has 0 aromatic heterocycles. The number of carbonyl (C=O) groups is 1. The van der Waals surface area contributed by atoms with Gasteiger partial charge in [0.05, 0.1) is 25.4 Å². The molecule has 2 fully saturated rings. The second-order valence-corrected chi connectivity index (χ2v) is 6.23. The largest absolute Gasteiger partial charge is 0.445 e. The van der Waals surface area contributed by atoms with Crippen molar-refractivity contribution in [3.63, 3.8) is 0 Å². The average molecular weight is 321 g/mol. The minimum Gasteiger partial charge on any atom is -0.445 e. The SMILES string of the molecule is O=C(NC1(CO)CCC2(CC1)OCCO2)OCc1ccccc1. The maximum Gasteiger partial charge on any atom is 0.407 e. The van der Waals surface area contributed by atoms with Gasteiger partial charge in [0.2, 0.25) is 0 Å². The number of aliphatic hydroxyl groups is 1. The molecule has 1 saturated heterocycles. The van der Waals surface area contributed by atoms with E-state index in [4.69, 9.17) is 14.2 Å². The lowest BCUT2D eigenvalue weighted by molar-refractivity contribution is -0.187. The smallest absolute Gasteiger partial charge is 0.407 e. The molecule has 0 unspecified atom stereocenters. The fourth-order valence-electron chi connectivity index (χ4n) is 3.19. The molecule has 1 aliphatic carbocycles. The Morgan fingerprint density at radius 2 is 1.78 bits per heavy atom. The molecule has 1 heterocycles. The van der Waals surface area contributed by atoms with Gasteiger partial charge in [0.15, 0.2) is 5.79 Å². The summed E-state index contributed by atoms with van der Waals surface area (Å²) in [5, 5.41) is 12.6. The van der Waals surface area contributed by atoms with Gasteiger partial charge in [-0.25, -0.2) is 4.79 Å². The van der Waals surface area contributed by atoms with Crippen molar-refractivity contribution in [2.75, 3.05) is 19.8 Å². The predicted molar refractivity (Wildman–Crippen MR) is 82.7 cm³/mol. The van der Waals surface area contributed by atoms with Crippen LogP contribution in [0.2, 0.25) is 0 Å². The Morgan fingerprint density at radius 3 is 2.39 bits per heavy atom. The first kappa shape index (κ1) is 16.2. The first-order valence-corrected chi connectivity index (χ1v) is 8.03.